The standard InChI is InChI=1S/C11H18O5S/c12-10(13)11(4-1-5-11)17(14,15)8-9-2-6-16-7-3-9/h9H,1-8H2,(H,12,13). The molecule has 1 saturated carbocycles. The number of hydrogen-bond acceptors (Lipinski definition) is 4. The summed E-state index contributed by atoms with van der Waals surface area (Å²) in [5, 5.41) is 9.15. The predicted molar refractivity (Wildman–Crippen MR) is 61.5 cm³/mol. The molecule has 17 heavy (non-hydrogen) atoms. The maximum atomic E-state index is 12.2. The molecule has 1 aliphatic heterocycles. The lowest BCUT2D eigenvalue weighted by Gasteiger charge is -2.38. The molecule has 0 aromatic carbocycles. The molecule has 0 radical (unpaired) electrons. The lowest BCUT2D eigenvalue weighted by molar-refractivity contribution is -0.142. The highest BCUT2D eigenvalue weighted by atomic mass is 32.2. The fourth-order valence-electron chi connectivity index (χ4n) is 2.54. The highest BCUT2D eigenvalue weighted by Crippen LogP contribution is 2.41. The van der Waals surface area contributed by atoms with Crippen molar-refractivity contribution in [3.63, 3.8) is 0 Å². The number of carboxylic acids is 1. The largest absolute Gasteiger partial charge is 0.480 e. The lowest BCUT2D eigenvalue weighted by Crippen LogP contribution is -2.53. The van der Waals surface area contributed by atoms with Crippen LogP contribution in [0.25, 0.3) is 0 Å². The van der Waals surface area contributed by atoms with Gasteiger partial charge in [0.05, 0.1) is 5.75 Å². The van der Waals surface area contributed by atoms with Gasteiger partial charge in [-0.3, -0.25) is 4.79 Å². The molecule has 0 bridgehead atoms. The summed E-state index contributed by atoms with van der Waals surface area (Å²) in [7, 11) is -3.54. The van der Waals surface area contributed by atoms with Crippen molar-refractivity contribution in [2.24, 2.45) is 5.92 Å². The molecule has 1 N–H and O–H groups in total. The fraction of sp³-hybridized carbons (Fsp3) is 0.909. The van der Waals surface area contributed by atoms with Crippen molar-refractivity contribution >= 4 is 15.8 Å². The number of sulfone groups is 1. The van der Waals surface area contributed by atoms with Gasteiger partial charge in [0.1, 0.15) is 0 Å². The molecule has 0 spiro atoms. The normalized spacial score (nSPS) is 25.2. The Bertz CT molecular complexity index is 390. The van der Waals surface area contributed by atoms with E-state index in [9.17, 15) is 13.2 Å². The second-order valence-electron chi connectivity index (χ2n) is 4.99. The van der Waals surface area contributed by atoms with Gasteiger partial charge >= 0.3 is 5.97 Å². The van der Waals surface area contributed by atoms with E-state index in [1.54, 1.807) is 0 Å². The van der Waals surface area contributed by atoms with Crippen LogP contribution >= 0.6 is 0 Å². The van der Waals surface area contributed by atoms with Crippen LogP contribution in [0.15, 0.2) is 0 Å². The molecule has 2 rings (SSSR count). The SMILES string of the molecule is O=C(O)C1(S(=O)(=O)CC2CCOCC2)CCC1. The van der Waals surface area contributed by atoms with Gasteiger partial charge in [-0.15, -0.1) is 0 Å². The molecular formula is C11H18O5S. The van der Waals surface area contributed by atoms with E-state index >= 15 is 0 Å². The molecule has 2 fully saturated rings. The summed E-state index contributed by atoms with van der Waals surface area (Å²) in [5.74, 6) is -1.11. The smallest absolute Gasteiger partial charge is 0.325 e. The molecule has 0 atom stereocenters. The number of carboxylic acid groups (broad SMARTS) is 1. The maximum Gasteiger partial charge on any atom is 0.325 e. The molecule has 5 nitrogen and oxygen atoms in total. The Labute approximate surface area is 101 Å². The van der Waals surface area contributed by atoms with Crippen molar-refractivity contribution in [3.8, 4) is 0 Å². The lowest BCUT2D eigenvalue weighted by atomic mass is 9.84. The fourth-order valence-corrected chi connectivity index (χ4v) is 4.99. The van der Waals surface area contributed by atoms with Crippen LogP contribution in [0.1, 0.15) is 32.1 Å². The van der Waals surface area contributed by atoms with Crippen molar-refractivity contribution in [1.82, 2.24) is 0 Å². The van der Waals surface area contributed by atoms with Gasteiger partial charge in [-0.2, -0.15) is 0 Å². The Balaban J connectivity index is 2.09. The van der Waals surface area contributed by atoms with Crippen LogP contribution in [0.4, 0.5) is 0 Å². The Kier molecular flexibility index (Phi) is 3.45. The summed E-state index contributed by atoms with van der Waals surface area (Å²) < 4.78 is 28.1. The quantitative estimate of drug-likeness (QED) is 0.811. The minimum absolute atomic E-state index is 0.00264. The van der Waals surface area contributed by atoms with Gasteiger partial charge < -0.3 is 9.84 Å². The van der Waals surface area contributed by atoms with Crippen LogP contribution in [0.3, 0.4) is 0 Å². The maximum absolute atomic E-state index is 12.2. The van der Waals surface area contributed by atoms with Crippen molar-refractivity contribution in [3.05, 3.63) is 0 Å². The Morgan fingerprint density at radius 1 is 1.29 bits per heavy atom. The van der Waals surface area contributed by atoms with Crippen molar-refractivity contribution in [1.29, 1.82) is 0 Å². The van der Waals surface area contributed by atoms with Gasteiger partial charge in [-0.25, -0.2) is 8.42 Å². The van der Waals surface area contributed by atoms with Gasteiger partial charge in [-0.05, 0) is 38.0 Å². The number of carbonyl (C=O) groups is 1. The third-order valence-corrected chi connectivity index (χ3v) is 6.63. The Hall–Kier alpha value is -0.620. The highest BCUT2D eigenvalue weighted by molar-refractivity contribution is 7.93. The van der Waals surface area contributed by atoms with Crippen molar-refractivity contribution < 1.29 is 23.1 Å². The summed E-state index contributed by atoms with van der Waals surface area (Å²) in [5.41, 5.74) is 0. The van der Waals surface area contributed by atoms with Crippen molar-refractivity contribution in [2.45, 2.75) is 36.9 Å². The summed E-state index contributed by atoms with van der Waals surface area (Å²) >= 11 is 0. The Morgan fingerprint density at radius 3 is 2.29 bits per heavy atom. The van der Waals surface area contributed by atoms with E-state index in [0.717, 1.165) is 12.8 Å². The van der Waals surface area contributed by atoms with E-state index in [4.69, 9.17) is 9.84 Å². The highest BCUT2D eigenvalue weighted by Gasteiger charge is 2.55. The molecule has 1 heterocycles. The van der Waals surface area contributed by atoms with E-state index < -0.39 is 20.6 Å². The zero-order valence-electron chi connectivity index (χ0n) is 9.72. The van der Waals surface area contributed by atoms with Gasteiger partial charge in [0.2, 0.25) is 0 Å². The number of ether oxygens (including phenoxy) is 1. The first-order valence-electron chi connectivity index (χ1n) is 6.01. The van der Waals surface area contributed by atoms with Crippen molar-refractivity contribution in [2.75, 3.05) is 19.0 Å². The molecule has 0 unspecified atom stereocenters. The molecule has 1 aliphatic carbocycles. The van der Waals surface area contributed by atoms with Gasteiger partial charge in [-0.1, -0.05) is 0 Å². The van der Waals surface area contributed by atoms with Crippen LogP contribution in [0.2, 0.25) is 0 Å². The minimum atomic E-state index is -3.54. The van der Waals surface area contributed by atoms with Crippen LogP contribution in [-0.4, -0.2) is 43.2 Å². The average Bonchev–Trinajstić information content (AvgIpc) is 2.14. The second-order valence-corrected chi connectivity index (χ2v) is 7.33. The van der Waals surface area contributed by atoms with E-state index in [1.807, 2.05) is 0 Å². The van der Waals surface area contributed by atoms with Crippen LogP contribution in [0.5, 0.6) is 0 Å². The van der Waals surface area contributed by atoms with E-state index in [1.165, 1.54) is 0 Å². The van der Waals surface area contributed by atoms with Gasteiger partial charge in [0.25, 0.3) is 0 Å². The molecule has 2 aliphatic rings. The zero-order chi connectivity index (χ0) is 12.5. The number of rotatable bonds is 4. The van der Waals surface area contributed by atoms with E-state index in [0.29, 0.717) is 19.6 Å². The first-order valence-corrected chi connectivity index (χ1v) is 7.67. The summed E-state index contributed by atoms with van der Waals surface area (Å²) in [4.78, 5) is 11.2. The summed E-state index contributed by atoms with van der Waals surface area (Å²) in [6.45, 7) is 1.17. The second kappa shape index (κ2) is 4.57. The minimum Gasteiger partial charge on any atom is -0.480 e. The topological polar surface area (TPSA) is 80.7 Å². The van der Waals surface area contributed by atoms with Gasteiger partial charge in [0, 0.05) is 13.2 Å². The average molecular weight is 262 g/mol. The van der Waals surface area contributed by atoms with Gasteiger partial charge in [0.15, 0.2) is 14.6 Å². The predicted octanol–water partition coefficient (Wildman–Crippen LogP) is 0.835. The third kappa shape index (κ3) is 2.20. The molecule has 98 valence electrons. The third-order valence-electron chi connectivity index (χ3n) is 3.94. The summed E-state index contributed by atoms with van der Waals surface area (Å²) in [6, 6.07) is 0. The molecule has 0 aromatic heterocycles. The van der Waals surface area contributed by atoms with Crippen LogP contribution in [-0.2, 0) is 19.4 Å². The molecule has 1 saturated heterocycles. The Morgan fingerprint density at radius 2 is 1.88 bits per heavy atom. The number of aliphatic carboxylic acids is 1. The number of hydrogen-bond donors (Lipinski definition) is 1. The molecule has 0 aromatic rings. The molecule has 6 heteroatoms. The zero-order valence-corrected chi connectivity index (χ0v) is 10.5. The monoisotopic (exact) mass is 262 g/mol. The van der Waals surface area contributed by atoms with E-state index in [-0.39, 0.29) is 24.5 Å². The molecular weight excluding hydrogens is 244 g/mol. The summed E-state index contributed by atoms with van der Waals surface area (Å²) in [6.07, 6.45) is 2.67. The molecule has 0 amide bonds. The first kappa shape index (κ1) is 12.8. The van der Waals surface area contributed by atoms with Crippen LogP contribution < -0.4 is 0 Å². The van der Waals surface area contributed by atoms with Crippen LogP contribution in [0, 0.1) is 5.92 Å². The van der Waals surface area contributed by atoms with E-state index in [2.05, 4.69) is 0 Å². The first-order chi connectivity index (χ1) is 7.98.